The zero-order valence-electron chi connectivity index (χ0n) is 13.2. The Morgan fingerprint density at radius 1 is 1.22 bits per heavy atom. The van der Waals surface area contributed by atoms with Crippen molar-refractivity contribution in [3.63, 3.8) is 0 Å². The van der Waals surface area contributed by atoms with E-state index in [4.69, 9.17) is 16.3 Å². The molecule has 2 heterocycles. The SMILES string of the molecule is Cc1cc(Cl)cc(CN2C(=O)CCC2=O)c1OC1CCNCC1. The number of rotatable bonds is 4. The molecule has 2 aliphatic heterocycles. The number of aryl methyl sites for hydroxylation is 1. The fourth-order valence-electron chi connectivity index (χ4n) is 3.13. The van der Waals surface area contributed by atoms with Gasteiger partial charge >= 0.3 is 0 Å². The van der Waals surface area contributed by atoms with E-state index in [2.05, 4.69) is 5.32 Å². The second kappa shape index (κ2) is 6.89. The van der Waals surface area contributed by atoms with Gasteiger partial charge in [-0.05, 0) is 50.6 Å². The number of amides is 2. The van der Waals surface area contributed by atoms with Crippen molar-refractivity contribution in [2.24, 2.45) is 0 Å². The van der Waals surface area contributed by atoms with Gasteiger partial charge in [0, 0.05) is 23.4 Å². The van der Waals surface area contributed by atoms with E-state index < -0.39 is 0 Å². The second-order valence-electron chi connectivity index (χ2n) is 6.15. The Hall–Kier alpha value is -1.59. The number of ether oxygens (including phenoxy) is 1. The van der Waals surface area contributed by atoms with Crippen LogP contribution >= 0.6 is 11.6 Å². The van der Waals surface area contributed by atoms with Gasteiger partial charge in [-0.15, -0.1) is 0 Å². The van der Waals surface area contributed by atoms with Crippen LogP contribution in [0.1, 0.15) is 36.8 Å². The van der Waals surface area contributed by atoms with Crippen molar-refractivity contribution in [3.05, 3.63) is 28.3 Å². The van der Waals surface area contributed by atoms with E-state index in [1.54, 1.807) is 6.07 Å². The number of likely N-dealkylation sites (tertiary alicyclic amines) is 1. The highest BCUT2D eigenvalue weighted by molar-refractivity contribution is 6.30. The molecular weight excluding hydrogens is 316 g/mol. The van der Waals surface area contributed by atoms with E-state index in [1.165, 1.54) is 4.90 Å². The van der Waals surface area contributed by atoms with Gasteiger partial charge < -0.3 is 10.1 Å². The van der Waals surface area contributed by atoms with E-state index in [-0.39, 0.29) is 24.5 Å². The van der Waals surface area contributed by atoms with Crippen molar-refractivity contribution in [2.75, 3.05) is 13.1 Å². The fraction of sp³-hybridized carbons (Fsp3) is 0.529. The third kappa shape index (κ3) is 3.67. The van der Waals surface area contributed by atoms with E-state index in [0.29, 0.717) is 17.9 Å². The van der Waals surface area contributed by atoms with Gasteiger partial charge in [0.15, 0.2) is 0 Å². The number of imide groups is 1. The minimum absolute atomic E-state index is 0.125. The minimum atomic E-state index is -0.125. The molecule has 0 atom stereocenters. The van der Waals surface area contributed by atoms with Crippen LogP contribution in [0, 0.1) is 6.92 Å². The van der Waals surface area contributed by atoms with E-state index >= 15 is 0 Å². The molecule has 3 rings (SSSR count). The summed E-state index contributed by atoms with van der Waals surface area (Å²) in [7, 11) is 0. The maximum absolute atomic E-state index is 11.9. The molecule has 2 saturated heterocycles. The molecule has 0 saturated carbocycles. The number of nitrogens with zero attached hydrogens (tertiary/aromatic N) is 1. The number of benzene rings is 1. The topological polar surface area (TPSA) is 58.6 Å². The monoisotopic (exact) mass is 336 g/mol. The first kappa shape index (κ1) is 16.3. The molecule has 5 nitrogen and oxygen atoms in total. The number of carbonyl (C=O) groups is 2. The van der Waals surface area contributed by atoms with Crippen LogP contribution in [0.3, 0.4) is 0 Å². The summed E-state index contributed by atoms with van der Waals surface area (Å²) < 4.78 is 6.21. The summed E-state index contributed by atoms with van der Waals surface area (Å²) in [5.74, 6) is 0.509. The van der Waals surface area contributed by atoms with Crippen molar-refractivity contribution >= 4 is 23.4 Å². The highest BCUT2D eigenvalue weighted by Crippen LogP contribution is 2.32. The van der Waals surface area contributed by atoms with Crippen molar-refractivity contribution in [3.8, 4) is 5.75 Å². The summed E-state index contributed by atoms with van der Waals surface area (Å²) in [4.78, 5) is 25.1. The zero-order valence-corrected chi connectivity index (χ0v) is 14.0. The van der Waals surface area contributed by atoms with Crippen molar-refractivity contribution < 1.29 is 14.3 Å². The van der Waals surface area contributed by atoms with Crippen molar-refractivity contribution in [1.82, 2.24) is 10.2 Å². The molecule has 23 heavy (non-hydrogen) atoms. The van der Waals surface area contributed by atoms with Gasteiger partial charge in [0.2, 0.25) is 11.8 Å². The van der Waals surface area contributed by atoms with Gasteiger partial charge in [-0.2, -0.15) is 0 Å². The Morgan fingerprint density at radius 3 is 2.52 bits per heavy atom. The van der Waals surface area contributed by atoms with Gasteiger partial charge in [0.1, 0.15) is 11.9 Å². The molecule has 0 spiro atoms. The van der Waals surface area contributed by atoms with E-state index in [0.717, 1.165) is 42.8 Å². The van der Waals surface area contributed by atoms with Crippen LogP contribution in [0.5, 0.6) is 5.75 Å². The molecule has 1 aromatic rings. The number of nitrogens with one attached hydrogen (secondary N) is 1. The Labute approximate surface area is 140 Å². The highest BCUT2D eigenvalue weighted by atomic mass is 35.5. The van der Waals surface area contributed by atoms with Gasteiger partial charge in [0.05, 0.1) is 6.54 Å². The first-order valence-corrected chi connectivity index (χ1v) is 8.42. The zero-order chi connectivity index (χ0) is 16.4. The third-order valence-electron chi connectivity index (χ3n) is 4.37. The van der Waals surface area contributed by atoms with Crippen LogP contribution in [0.15, 0.2) is 12.1 Å². The van der Waals surface area contributed by atoms with Gasteiger partial charge in [-0.1, -0.05) is 11.6 Å². The fourth-order valence-corrected chi connectivity index (χ4v) is 3.43. The Morgan fingerprint density at radius 2 is 1.87 bits per heavy atom. The summed E-state index contributed by atoms with van der Waals surface area (Å²) in [6.07, 6.45) is 2.64. The molecule has 0 unspecified atom stereocenters. The molecule has 0 bridgehead atoms. The van der Waals surface area contributed by atoms with Gasteiger partial charge in [0.25, 0.3) is 0 Å². The van der Waals surface area contributed by atoms with Crippen LogP contribution in [-0.2, 0) is 16.1 Å². The molecule has 0 aromatic heterocycles. The lowest BCUT2D eigenvalue weighted by molar-refractivity contribution is -0.139. The lowest BCUT2D eigenvalue weighted by Gasteiger charge is -2.27. The summed E-state index contributed by atoms with van der Waals surface area (Å²) in [6.45, 7) is 4.06. The lowest BCUT2D eigenvalue weighted by atomic mass is 10.1. The molecule has 0 radical (unpaired) electrons. The second-order valence-corrected chi connectivity index (χ2v) is 6.59. The highest BCUT2D eigenvalue weighted by Gasteiger charge is 2.30. The first-order valence-electron chi connectivity index (χ1n) is 8.04. The number of hydrogen-bond acceptors (Lipinski definition) is 4. The molecule has 6 heteroatoms. The van der Waals surface area contributed by atoms with Crippen molar-refractivity contribution in [2.45, 2.75) is 45.3 Å². The lowest BCUT2D eigenvalue weighted by Crippen LogP contribution is -2.34. The Kier molecular flexibility index (Phi) is 4.87. The minimum Gasteiger partial charge on any atom is -0.490 e. The van der Waals surface area contributed by atoms with Crippen molar-refractivity contribution in [1.29, 1.82) is 0 Å². The molecule has 124 valence electrons. The number of carbonyl (C=O) groups excluding carboxylic acids is 2. The quantitative estimate of drug-likeness (QED) is 0.858. The molecular formula is C17H21ClN2O3. The number of hydrogen-bond donors (Lipinski definition) is 1. The smallest absolute Gasteiger partial charge is 0.230 e. The van der Waals surface area contributed by atoms with Crippen LogP contribution in [0.25, 0.3) is 0 Å². The average molecular weight is 337 g/mol. The molecule has 2 fully saturated rings. The largest absolute Gasteiger partial charge is 0.490 e. The summed E-state index contributed by atoms with van der Waals surface area (Å²) >= 11 is 6.17. The van der Waals surface area contributed by atoms with Crippen LogP contribution in [-0.4, -0.2) is 35.9 Å². The van der Waals surface area contributed by atoms with Crippen LogP contribution in [0.4, 0.5) is 0 Å². The number of halogens is 1. The summed E-state index contributed by atoms with van der Waals surface area (Å²) in [5.41, 5.74) is 1.74. The maximum Gasteiger partial charge on any atom is 0.230 e. The number of piperidine rings is 1. The molecule has 1 aromatic carbocycles. The predicted octanol–water partition coefficient (Wildman–Crippen LogP) is 2.43. The molecule has 0 aliphatic carbocycles. The molecule has 2 amide bonds. The van der Waals surface area contributed by atoms with Gasteiger partial charge in [-0.25, -0.2) is 0 Å². The standard InChI is InChI=1S/C17H21ClN2O3/c1-11-8-13(18)9-12(10-20-15(21)2-3-16(20)22)17(11)23-14-4-6-19-7-5-14/h8-9,14,19H,2-7,10H2,1H3. The van der Waals surface area contributed by atoms with E-state index in [1.807, 2.05) is 13.0 Å². The van der Waals surface area contributed by atoms with E-state index in [9.17, 15) is 9.59 Å². The van der Waals surface area contributed by atoms with Crippen LogP contribution in [0.2, 0.25) is 5.02 Å². The average Bonchev–Trinajstić information content (AvgIpc) is 2.83. The predicted molar refractivity (Wildman–Crippen MR) is 87.5 cm³/mol. The third-order valence-corrected chi connectivity index (χ3v) is 4.59. The Bertz CT molecular complexity index is 611. The summed E-state index contributed by atoms with van der Waals surface area (Å²) in [5, 5.41) is 3.90. The Balaban J connectivity index is 1.85. The summed E-state index contributed by atoms with van der Waals surface area (Å²) in [6, 6.07) is 3.65. The molecule has 1 N–H and O–H groups in total. The first-order chi connectivity index (χ1) is 11.0. The molecule has 2 aliphatic rings. The van der Waals surface area contributed by atoms with Gasteiger partial charge in [-0.3, -0.25) is 14.5 Å². The maximum atomic E-state index is 11.9. The van der Waals surface area contributed by atoms with Crippen LogP contribution < -0.4 is 10.1 Å². The normalized spacial score (nSPS) is 19.5.